The molecule has 12 heavy (non-hydrogen) atoms. The Bertz CT molecular complexity index is 288. The van der Waals surface area contributed by atoms with Gasteiger partial charge in [0.25, 0.3) is 0 Å². The zero-order chi connectivity index (χ0) is 8.77. The van der Waals surface area contributed by atoms with Crippen molar-refractivity contribution in [1.82, 2.24) is 9.78 Å². The highest BCUT2D eigenvalue weighted by Gasteiger charge is 2.42. The fourth-order valence-electron chi connectivity index (χ4n) is 1.70. The van der Waals surface area contributed by atoms with E-state index >= 15 is 0 Å². The Morgan fingerprint density at radius 3 is 2.83 bits per heavy atom. The first-order valence-electron chi connectivity index (χ1n) is 4.06. The standard InChI is InChI=1S/C8H13N3O/c1-11-5-6(4-10-11)8(9)2-7(12)3-8/h4-5,7,12H,2-3,9H2,1H3. The van der Waals surface area contributed by atoms with Crippen molar-refractivity contribution in [3.05, 3.63) is 18.0 Å². The fourth-order valence-corrected chi connectivity index (χ4v) is 1.70. The third kappa shape index (κ3) is 1.04. The van der Waals surface area contributed by atoms with Crippen molar-refractivity contribution in [2.24, 2.45) is 12.8 Å². The second-order valence-electron chi connectivity index (χ2n) is 3.62. The Morgan fingerprint density at radius 1 is 1.75 bits per heavy atom. The van der Waals surface area contributed by atoms with Gasteiger partial charge in [-0.25, -0.2) is 0 Å². The first kappa shape index (κ1) is 7.76. The number of rotatable bonds is 1. The Labute approximate surface area is 71.0 Å². The number of nitrogens with two attached hydrogens (primary N) is 1. The van der Waals surface area contributed by atoms with E-state index in [1.165, 1.54) is 0 Å². The third-order valence-electron chi connectivity index (χ3n) is 2.48. The molecule has 0 unspecified atom stereocenters. The van der Waals surface area contributed by atoms with Gasteiger partial charge < -0.3 is 10.8 Å². The first-order chi connectivity index (χ1) is 5.60. The van der Waals surface area contributed by atoms with E-state index in [9.17, 15) is 0 Å². The molecule has 0 aliphatic heterocycles. The summed E-state index contributed by atoms with van der Waals surface area (Å²) in [5, 5.41) is 13.2. The van der Waals surface area contributed by atoms with Gasteiger partial charge in [0, 0.05) is 24.3 Å². The van der Waals surface area contributed by atoms with Crippen LogP contribution in [0.5, 0.6) is 0 Å². The Kier molecular flexibility index (Phi) is 1.49. The molecular weight excluding hydrogens is 154 g/mol. The lowest BCUT2D eigenvalue weighted by molar-refractivity contribution is 0.0209. The Morgan fingerprint density at radius 2 is 2.42 bits per heavy atom. The van der Waals surface area contributed by atoms with Gasteiger partial charge in [-0.05, 0) is 12.8 Å². The topological polar surface area (TPSA) is 64.1 Å². The van der Waals surface area contributed by atoms with Gasteiger partial charge in [0.1, 0.15) is 0 Å². The van der Waals surface area contributed by atoms with Crippen LogP contribution in [0.2, 0.25) is 0 Å². The minimum atomic E-state index is -0.326. The van der Waals surface area contributed by atoms with E-state index in [1.54, 1.807) is 10.9 Å². The van der Waals surface area contributed by atoms with E-state index in [0.29, 0.717) is 12.8 Å². The number of aromatic nitrogens is 2. The predicted octanol–water partition coefficient (Wildman–Crippen LogP) is -0.271. The molecule has 0 atom stereocenters. The maximum Gasteiger partial charge on any atom is 0.0582 e. The second kappa shape index (κ2) is 2.31. The zero-order valence-corrected chi connectivity index (χ0v) is 7.07. The highest BCUT2D eigenvalue weighted by atomic mass is 16.3. The molecule has 1 aliphatic carbocycles. The van der Waals surface area contributed by atoms with Crippen LogP contribution in [0.25, 0.3) is 0 Å². The Hall–Kier alpha value is -0.870. The van der Waals surface area contributed by atoms with Crippen LogP contribution in [0.15, 0.2) is 12.4 Å². The van der Waals surface area contributed by atoms with Crippen molar-refractivity contribution in [1.29, 1.82) is 0 Å². The van der Waals surface area contributed by atoms with Crippen LogP contribution >= 0.6 is 0 Å². The van der Waals surface area contributed by atoms with Crippen LogP contribution in [0.3, 0.4) is 0 Å². The van der Waals surface area contributed by atoms with E-state index in [0.717, 1.165) is 5.56 Å². The first-order valence-corrected chi connectivity index (χ1v) is 4.06. The SMILES string of the molecule is Cn1cc(C2(N)CC(O)C2)cn1. The highest BCUT2D eigenvalue weighted by molar-refractivity contribution is 5.22. The van der Waals surface area contributed by atoms with E-state index < -0.39 is 0 Å². The molecule has 1 saturated carbocycles. The lowest BCUT2D eigenvalue weighted by atomic mass is 9.72. The molecule has 1 aromatic heterocycles. The largest absolute Gasteiger partial charge is 0.393 e. The molecule has 0 bridgehead atoms. The van der Waals surface area contributed by atoms with Gasteiger partial charge in [-0.2, -0.15) is 5.10 Å². The summed E-state index contributed by atoms with van der Waals surface area (Å²) in [7, 11) is 1.86. The highest BCUT2D eigenvalue weighted by Crippen LogP contribution is 2.38. The quantitative estimate of drug-likeness (QED) is 0.605. The van der Waals surface area contributed by atoms with Crippen molar-refractivity contribution < 1.29 is 5.11 Å². The molecule has 1 aromatic rings. The molecule has 0 radical (unpaired) electrons. The summed E-state index contributed by atoms with van der Waals surface area (Å²) >= 11 is 0. The van der Waals surface area contributed by atoms with Crippen LogP contribution in [-0.2, 0) is 12.6 Å². The van der Waals surface area contributed by atoms with Gasteiger partial charge in [0.2, 0.25) is 0 Å². The number of aliphatic hydroxyl groups excluding tert-OH is 1. The monoisotopic (exact) mass is 167 g/mol. The average Bonchev–Trinajstić information content (AvgIpc) is 2.33. The lowest BCUT2D eigenvalue weighted by Crippen LogP contribution is -2.51. The van der Waals surface area contributed by atoms with Gasteiger partial charge in [-0.15, -0.1) is 0 Å². The minimum absolute atomic E-state index is 0.227. The molecule has 3 N–H and O–H groups in total. The summed E-state index contributed by atoms with van der Waals surface area (Å²) in [5.41, 5.74) is 6.71. The lowest BCUT2D eigenvalue weighted by Gasteiger charge is -2.41. The van der Waals surface area contributed by atoms with E-state index in [4.69, 9.17) is 10.8 Å². The molecule has 0 amide bonds. The second-order valence-corrected chi connectivity index (χ2v) is 3.62. The summed E-state index contributed by atoms with van der Waals surface area (Å²) in [5.74, 6) is 0. The average molecular weight is 167 g/mol. The van der Waals surface area contributed by atoms with Crippen LogP contribution in [0.4, 0.5) is 0 Å². The normalized spacial score (nSPS) is 34.8. The smallest absolute Gasteiger partial charge is 0.0582 e. The van der Waals surface area contributed by atoms with Gasteiger partial charge in [0.05, 0.1) is 12.3 Å². The molecule has 1 fully saturated rings. The molecule has 66 valence electrons. The fraction of sp³-hybridized carbons (Fsp3) is 0.625. The van der Waals surface area contributed by atoms with E-state index in [2.05, 4.69) is 5.10 Å². The predicted molar refractivity (Wildman–Crippen MR) is 44.3 cm³/mol. The van der Waals surface area contributed by atoms with Crippen molar-refractivity contribution in [3.8, 4) is 0 Å². The number of aliphatic hydroxyl groups is 1. The summed E-state index contributed by atoms with van der Waals surface area (Å²) in [6, 6.07) is 0. The molecule has 2 rings (SSSR count). The van der Waals surface area contributed by atoms with Gasteiger partial charge in [-0.3, -0.25) is 4.68 Å². The van der Waals surface area contributed by atoms with Gasteiger partial charge in [0.15, 0.2) is 0 Å². The summed E-state index contributed by atoms with van der Waals surface area (Å²) in [6.45, 7) is 0. The number of hydrogen-bond acceptors (Lipinski definition) is 3. The maximum absolute atomic E-state index is 9.14. The van der Waals surface area contributed by atoms with Crippen molar-refractivity contribution >= 4 is 0 Å². The third-order valence-corrected chi connectivity index (χ3v) is 2.48. The minimum Gasteiger partial charge on any atom is -0.393 e. The van der Waals surface area contributed by atoms with Crippen molar-refractivity contribution in [2.45, 2.75) is 24.5 Å². The summed E-state index contributed by atoms with van der Waals surface area (Å²) in [6.07, 6.45) is 4.75. The molecule has 4 nitrogen and oxygen atoms in total. The number of nitrogens with zero attached hydrogens (tertiary/aromatic N) is 2. The molecule has 0 spiro atoms. The van der Waals surface area contributed by atoms with Crippen LogP contribution in [-0.4, -0.2) is 21.0 Å². The summed E-state index contributed by atoms with van der Waals surface area (Å²) in [4.78, 5) is 0. The van der Waals surface area contributed by atoms with Gasteiger partial charge >= 0.3 is 0 Å². The molecule has 1 heterocycles. The zero-order valence-electron chi connectivity index (χ0n) is 7.07. The van der Waals surface area contributed by atoms with E-state index in [-0.39, 0.29) is 11.6 Å². The van der Waals surface area contributed by atoms with Crippen molar-refractivity contribution in [2.75, 3.05) is 0 Å². The van der Waals surface area contributed by atoms with Crippen LogP contribution < -0.4 is 5.73 Å². The molecule has 0 aromatic carbocycles. The Balaban J connectivity index is 2.20. The maximum atomic E-state index is 9.14. The van der Waals surface area contributed by atoms with Gasteiger partial charge in [-0.1, -0.05) is 0 Å². The molecule has 1 aliphatic rings. The van der Waals surface area contributed by atoms with Crippen LogP contribution in [0, 0.1) is 0 Å². The number of aryl methyl sites for hydroxylation is 1. The molecular formula is C8H13N3O. The van der Waals surface area contributed by atoms with E-state index in [1.807, 2.05) is 13.2 Å². The molecule has 4 heteroatoms. The van der Waals surface area contributed by atoms with Crippen LogP contribution in [0.1, 0.15) is 18.4 Å². The molecule has 0 saturated heterocycles. The number of hydrogen-bond donors (Lipinski definition) is 2. The van der Waals surface area contributed by atoms with Crippen molar-refractivity contribution in [3.63, 3.8) is 0 Å². The summed E-state index contributed by atoms with van der Waals surface area (Å²) < 4.78 is 1.73.